The summed E-state index contributed by atoms with van der Waals surface area (Å²) >= 11 is 5.95. The standard InChI is InChI=1S/C16H14ClN2O2/c1-18-14-8-3-2-7-13(14)15(20)19(16(18)21)10-11-5-4-6-12(17)9-11/h2-9,13H,10H2,1H3/q+1. The molecule has 21 heavy (non-hydrogen) atoms. The Morgan fingerprint density at radius 2 is 2.10 bits per heavy atom. The van der Waals surface area contributed by atoms with E-state index in [9.17, 15) is 9.59 Å². The molecular formula is C16H14ClN2O2+. The summed E-state index contributed by atoms with van der Waals surface area (Å²) in [5.74, 6) is -0.592. The number of amides is 3. The van der Waals surface area contributed by atoms with Crippen molar-refractivity contribution >= 4 is 29.3 Å². The van der Waals surface area contributed by atoms with Crippen LogP contribution in [0.2, 0.25) is 5.02 Å². The van der Waals surface area contributed by atoms with Gasteiger partial charge in [0.15, 0.2) is 0 Å². The number of imide groups is 1. The van der Waals surface area contributed by atoms with E-state index in [0.29, 0.717) is 5.02 Å². The van der Waals surface area contributed by atoms with Gasteiger partial charge in [-0.3, -0.25) is 0 Å². The molecule has 0 fully saturated rings. The molecule has 1 aliphatic carbocycles. The molecule has 1 atom stereocenters. The summed E-state index contributed by atoms with van der Waals surface area (Å²) in [5, 5.41) is 0.588. The molecule has 0 saturated carbocycles. The molecule has 0 spiro atoms. The van der Waals surface area contributed by atoms with Crippen LogP contribution in [0.1, 0.15) is 5.56 Å². The van der Waals surface area contributed by atoms with Crippen LogP contribution in [-0.2, 0) is 11.3 Å². The molecule has 1 aromatic carbocycles. The number of rotatable bonds is 2. The Labute approximate surface area is 127 Å². The van der Waals surface area contributed by atoms with Crippen LogP contribution in [0.3, 0.4) is 0 Å². The minimum absolute atomic E-state index is 0.200. The van der Waals surface area contributed by atoms with Gasteiger partial charge in [0.05, 0.1) is 7.05 Å². The Morgan fingerprint density at radius 3 is 2.86 bits per heavy atom. The van der Waals surface area contributed by atoms with Gasteiger partial charge in [0.1, 0.15) is 18.2 Å². The van der Waals surface area contributed by atoms with E-state index < -0.39 is 5.92 Å². The molecule has 5 heteroatoms. The van der Waals surface area contributed by atoms with Crippen LogP contribution in [0.15, 0.2) is 48.6 Å². The van der Waals surface area contributed by atoms with Gasteiger partial charge >= 0.3 is 11.9 Å². The van der Waals surface area contributed by atoms with Gasteiger partial charge in [-0.2, -0.15) is 14.3 Å². The number of hydrogen-bond acceptors (Lipinski definition) is 2. The number of fused-ring (bicyclic) bond motifs is 1. The average molecular weight is 302 g/mol. The Balaban J connectivity index is 1.95. The van der Waals surface area contributed by atoms with Crippen molar-refractivity contribution in [3.8, 4) is 0 Å². The number of allylic oxidation sites excluding steroid dienone is 3. The van der Waals surface area contributed by atoms with Gasteiger partial charge in [0.25, 0.3) is 0 Å². The van der Waals surface area contributed by atoms with Gasteiger partial charge < -0.3 is 0 Å². The third kappa shape index (κ3) is 2.43. The van der Waals surface area contributed by atoms with E-state index in [0.717, 1.165) is 11.3 Å². The highest BCUT2D eigenvalue weighted by Gasteiger charge is 2.45. The van der Waals surface area contributed by atoms with Crippen molar-refractivity contribution < 1.29 is 14.2 Å². The van der Waals surface area contributed by atoms with Crippen LogP contribution >= 0.6 is 11.6 Å². The van der Waals surface area contributed by atoms with Crippen LogP contribution in [0.4, 0.5) is 4.79 Å². The molecule has 1 unspecified atom stereocenters. The predicted molar refractivity (Wildman–Crippen MR) is 80.4 cm³/mol. The van der Waals surface area contributed by atoms with E-state index in [1.165, 1.54) is 9.48 Å². The van der Waals surface area contributed by atoms with E-state index in [4.69, 9.17) is 11.6 Å². The third-order valence-electron chi connectivity index (χ3n) is 3.67. The van der Waals surface area contributed by atoms with Gasteiger partial charge in [-0.05, 0) is 23.8 Å². The zero-order chi connectivity index (χ0) is 15.0. The number of halogens is 1. The smallest absolute Gasteiger partial charge is 0.245 e. The summed E-state index contributed by atoms with van der Waals surface area (Å²) in [6, 6.07) is 6.87. The highest BCUT2D eigenvalue weighted by molar-refractivity contribution is 6.30. The molecule has 3 amide bonds. The summed E-state index contributed by atoms with van der Waals surface area (Å²) in [6.07, 6.45) is 7.27. The number of urea groups is 1. The first-order chi connectivity index (χ1) is 10.1. The van der Waals surface area contributed by atoms with Crippen molar-refractivity contribution in [1.82, 2.24) is 4.90 Å². The summed E-state index contributed by atoms with van der Waals surface area (Å²) in [7, 11) is 1.69. The van der Waals surface area contributed by atoms with Gasteiger partial charge in [-0.1, -0.05) is 42.0 Å². The van der Waals surface area contributed by atoms with Crippen LogP contribution in [0.5, 0.6) is 0 Å². The highest BCUT2D eigenvalue weighted by Crippen LogP contribution is 2.21. The second-order valence-corrected chi connectivity index (χ2v) is 5.48. The lowest BCUT2D eigenvalue weighted by atomic mass is 9.94. The van der Waals surface area contributed by atoms with Crippen LogP contribution in [-0.4, -0.2) is 34.2 Å². The molecule has 0 aromatic heterocycles. The zero-order valence-corrected chi connectivity index (χ0v) is 12.2. The third-order valence-corrected chi connectivity index (χ3v) is 3.90. The topological polar surface area (TPSA) is 40.4 Å². The van der Waals surface area contributed by atoms with Gasteiger partial charge in [0.2, 0.25) is 0 Å². The lowest BCUT2D eigenvalue weighted by Gasteiger charge is -2.25. The fraction of sp³-hybridized carbons (Fsp3) is 0.188. The molecule has 1 heterocycles. The number of carbonyl (C=O) groups is 2. The predicted octanol–water partition coefficient (Wildman–Crippen LogP) is 2.63. The maximum absolute atomic E-state index is 12.5. The van der Waals surface area contributed by atoms with Crippen molar-refractivity contribution in [3.63, 3.8) is 0 Å². The Kier molecular flexibility index (Phi) is 3.47. The monoisotopic (exact) mass is 301 g/mol. The van der Waals surface area contributed by atoms with Gasteiger partial charge in [-0.15, -0.1) is 0 Å². The van der Waals surface area contributed by atoms with Crippen molar-refractivity contribution in [2.24, 2.45) is 5.92 Å². The molecule has 4 nitrogen and oxygen atoms in total. The molecule has 0 bridgehead atoms. The van der Waals surface area contributed by atoms with E-state index in [1.54, 1.807) is 31.3 Å². The number of carbonyl (C=O) groups excluding carboxylic acids is 2. The fourth-order valence-corrected chi connectivity index (χ4v) is 2.79. The van der Waals surface area contributed by atoms with E-state index in [-0.39, 0.29) is 18.5 Å². The van der Waals surface area contributed by atoms with Crippen molar-refractivity contribution in [2.75, 3.05) is 7.05 Å². The molecule has 106 valence electrons. The minimum Gasteiger partial charge on any atom is -0.245 e. The molecular weight excluding hydrogens is 288 g/mol. The van der Waals surface area contributed by atoms with E-state index >= 15 is 0 Å². The largest absolute Gasteiger partial charge is 0.500 e. The highest BCUT2D eigenvalue weighted by atomic mass is 35.5. The molecule has 0 radical (unpaired) electrons. The first kappa shape index (κ1) is 13.8. The maximum Gasteiger partial charge on any atom is 0.500 e. The van der Waals surface area contributed by atoms with Crippen LogP contribution < -0.4 is 0 Å². The molecule has 1 aliphatic heterocycles. The summed E-state index contributed by atoms with van der Waals surface area (Å²) in [4.78, 5) is 26.2. The number of hydrogen-bond donors (Lipinski definition) is 0. The fourth-order valence-electron chi connectivity index (χ4n) is 2.58. The van der Waals surface area contributed by atoms with Crippen LogP contribution in [0.25, 0.3) is 0 Å². The SMILES string of the molecule is C[N+]1=C2C=CC=CC2C(=O)N(Cc2cccc(Cl)c2)C1=O. The second kappa shape index (κ2) is 5.30. The van der Waals surface area contributed by atoms with Gasteiger partial charge in [0, 0.05) is 5.02 Å². The minimum atomic E-state index is -0.392. The molecule has 1 aromatic rings. The molecule has 2 aliphatic rings. The normalized spacial score (nSPS) is 21.0. The molecule has 3 rings (SSSR count). The Hall–Kier alpha value is -2.20. The lowest BCUT2D eigenvalue weighted by Crippen LogP contribution is -2.52. The number of nitrogens with zero attached hydrogens (tertiary/aromatic N) is 2. The van der Waals surface area contributed by atoms with Crippen LogP contribution in [0, 0.1) is 5.92 Å². The second-order valence-electron chi connectivity index (χ2n) is 5.04. The number of benzene rings is 1. The quantitative estimate of drug-likeness (QED) is 0.788. The Morgan fingerprint density at radius 1 is 1.29 bits per heavy atom. The summed E-state index contributed by atoms with van der Waals surface area (Å²) in [6.45, 7) is 0.226. The van der Waals surface area contributed by atoms with E-state index in [1.807, 2.05) is 24.3 Å². The molecule has 0 N–H and O–H groups in total. The summed E-state index contributed by atoms with van der Waals surface area (Å²) in [5.41, 5.74) is 1.55. The molecule has 0 saturated heterocycles. The first-order valence-electron chi connectivity index (χ1n) is 6.63. The van der Waals surface area contributed by atoms with Gasteiger partial charge in [-0.25, -0.2) is 4.79 Å². The average Bonchev–Trinajstić information content (AvgIpc) is 2.49. The van der Waals surface area contributed by atoms with Crippen molar-refractivity contribution in [3.05, 3.63) is 59.2 Å². The van der Waals surface area contributed by atoms with Crippen molar-refractivity contribution in [1.29, 1.82) is 0 Å². The maximum atomic E-state index is 12.5. The van der Waals surface area contributed by atoms with E-state index in [2.05, 4.69) is 0 Å². The summed E-state index contributed by atoms with van der Waals surface area (Å²) < 4.78 is 1.52. The zero-order valence-electron chi connectivity index (χ0n) is 11.5. The Bertz CT molecular complexity index is 719. The van der Waals surface area contributed by atoms with Crippen molar-refractivity contribution in [2.45, 2.75) is 6.54 Å². The first-order valence-corrected chi connectivity index (χ1v) is 7.01. The lowest BCUT2D eigenvalue weighted by molar-refractivity contribution is -0.406.